The summed E-state index contributed by atoms with van der Waals surface area (Å²) in [7, 11) is 0. The highest BCUT2D eigenvalue weighted by Gasteiger charge is 2.19. The van der Waals surface area contributed by atoms with Gasteiger partial charge >= 0.3 is 17.9 Å². The van der Waals surface area contributed by atoms with Crippen molar-refractivity contribution in [3.63, 3.8) is 0 Å². The van der Waals surface area contributed by atoms with Crippen LogP contribution in [0.2, 0.25) is 0 Å². The van der Waals surface area contributed by atoms with Crippen molar-refractivity contribution in [2.24, 2.45) is 11.8 Å². The molecular formula is C47H90O6. The van der Waals surface area contributed by atoms with Crippen LogP contribution in [0.4, 0.5) is 0 Å². The number of carbonyl (C=O) groups excluding carboxylic acids is 3. The van der Waals surface area contributed by atoms with Gasteiger partial charge in [-0.25, -0.2) is 0 Å². The SMILES string of the molecule is CCCCCCCCCCCC(=O)O[C@H](COC(=O)CCCCCCCCCCCCCC(C)C)COC(=O)CCCCCCCCCCCC(C)C. The van der Waals surface area contributed by atoms with Gasteiger partial charge < -0.3 is 14.2 Å². The maximum atomic E-state index is 12.7. The van der Waals surface area contributed by atoms with Crippen LogP contribution >= 0.6 is 0 Å². The van der Waals surface area contributed by atoms with Crippen molar-refractivity contribution in [3.8, 4) is 0 Å². The van der Waals surface area contributed by atoms with Crippen LogP contribution in [0.3, 0.4) is 0 Å². The molecule has 6 nitrogen and oxygen atoms in total. The zero-order chi connectivity index (χ0) is 39.0. The molecule has 314 valence electrons. The van der Waals surface area contributed by atoms with Crippen molar-refractivity contribution >= 4 is 17.9 Å². The fourth-order valence-electron chi connectivity index (χ4n) is 6.93. The summed E-state index contributed by atoms with van der Waals surface area (Å²) in [4.78, 5) is 37.7. The highest BCUT2D eigenvalue weighted by molar-refractivity contribution is 5.71. The molecule has 0 N–H and O–H groups in total. The number of esters is 3. The molecule has 0 radical (unpaired) electrons. The molecule has 0 aromatic rings. The zero-order valence-electron chi connectivity index (χ0n) is 36.1. The van der Waals surface area contributed by atoms with Gasteiger partial charge in [0.25, 0.3) is 0 Å². The summed E-state index contributed by atoms with van der Waals surface area (Å²) in [5.74, 6) is 0.776. The molecule has 0 spiro atoms. The number of hydrogen-bond acceptors (Lipinski definition) is 6. The zero-order valence-corrected chi connectivity index (χ0v) is 36.1. The Morgan fingerprint density at radius 1 is 0.358 bits per heavy atom. The molecule has 0 aliphatic heterocycles. The van der Waals surface area contributed by atoms with E-state index in [9.17, 15) is 14.4 Å². The Morgan fingerprint density at radius 3 is 0.925 bits per heavy atom. The standard InChI is InChI=1S/C47H90O6/c1-6-7-8-9-10-15-24-29-34-39-47(50)53-44(41-52-46(49)38-33-28-23-19-14-17-21-26-31-36-43(4)5)40-51-45(48)37-32-27-22-18-13-11-12-16-20-25-30-35-42(2)3/h42-44H,6-41H2,1-5H3/t44-/m1/s1. The van der Waals surface area contributed by atoms with Crippen molar-refractivity contribution in [1.29, 1.82) is 0 Å². The first-order valence-electron chi connectivity index (χ1n) is 23.2. The summed E-state index contributed by atoms with van der Waals surface area (Å²) < 4.78 is 16.7. The van der Waals surface area contributed by atoms with Gasteiger partial charge in [-0.05, 0) is 31.1 Å². The first-order valence-corrected chi connectivity index (χ1v) is 23.2. The second-order valence-corrected chi connectivity index (χ2v) is 17.0. The van der Waals surface area contributed by atoms with Crippen LogP contribution in [0.5, 0.6) is 0 Å². The van der Waals surface area contributed by atoms with Crippen LogP contribution in [0.15, 0.2) is 0 Å². The molecule has 0 amide bonds. The third kappa shape index (κ3) is 41.4. The van der Waals surface area contributed by atoms with Gasteiger partial charge in [0.05, 0.1) is 0 Å². The summed E-state index contributed by atoms with van der Waals surface area (Å²) >= 11 is 0. The fourth-order valence-corrected chi connectivity index (χ4v) is 6.93. The van der Waals surface area contributed by atoms with Crippen LogP contribution in [0.25, 0.3) is 0 Å². The molecule has 0 aromatic heterocycles. The first kappa shape index (κ1) is 51.4. The van der Waals surface area contributed by atoms with Crippen LogP contribution < -0.4 is 0 Å². The van der Waals surface area contributed by atoms with E-state index in [0.717, 1.165) is 69.6 Å². The van der Waals surface area contributed by atoms with Crippen LogP contribution in [0, 0.1) is 11.8 Å². The molecule has 1 atom stereocenters. The molecule has 0 aliphatic rings. The predicted molar refractivity (Wildman–Crippen MR) is 224 cm³/mol. The summed E-state index contributed by atoms with van der Waals surface area (Å²) in [5, 5.41) is 0. The minimum Gasteiger partial charge on any atom is -0.462 e. The molecule has 0 rings (SSSR count). The molecule has 0 saturated heterocycles. The minimum atomic E-state index is -0.760. The number of carbonyl (C=O) groups is 3. The van der Waals surface area contributed by atoms with E-state index in [1.807, 2.05) is 0 Å². The Labute approximate surface area is 329 Å². The van der Waals surface area contributed by atoms with E-state index in [1.54, 1.807) is 0 Å². The number of hydrogen-bond donors (Lipinski definition) is 0. The number of ether oxygens (including phenoxy) is 3. The maximum absolute atomic E-state index is 12.7. The Bertz CT molecular complexity index is 809. The molecule has 0 saturated carbocycles. The van der Waals surface area contributed by atoms with Gasteiger partial charge in [-0.3, -0.25) is 14.4 Å². The van der Waals surface area contributed by atoms with Gasteiger partial charge in [0.1, 0.15) is 13.2 Å². The third-order valence-corrected chi connectivity index (χ3v) is 10.5. The summed E-state index contributed by atoms with van der Waals surface area (Å²) in [6.07, 6.45) is 38.0. The fraction of sp³-hybridized carbons (Fsp3) is 0.936. The number of rotatable bonds is 41. The van der Waals surface area contributed by atoms with Gasteiger partial charge in [0.15, 0.2) is 6.10 Å². The van der Waals surface area contributed by atoms with Crippen molar-refractivity contribution in [2.75, 3.05) is 13.2 Å². The van der Waals surface area contributed by atoms with E-state index in [2.05, 4.69) is 34.6 Å². The van der Waals surface area contributed by atoms with E-state index < -0.39 is 6.10 Å². The van der Waals surface area contributed by atoms with Crippen molar-refractivity contribution < 1.29 is 28.6 Å². The number of unbranched alkanes of at least 4 members (excludes halogenated alkanes) is 26. The van der Waals surface area contributed by atoms with E-state index in [4.69, 9.17) is 14.2 Å². The quantitative estimate of drug-likeness (QED) is 0.0352. The lowest BCUT2D eigenvalue weighted by molar-refractivity contribution is -0.167. The molecule has 0 aliphatic carbocycles. The normalized spacial score (nSPS) is 12.1. The molecule has 0 aromatic carbocycles. The van der Waals surface area contributed by atoms with E-state index in [0.29, 0.717) is 19.3 Å². The third-order valence-electron chi connectivity index (χ3n) is 10.5. The Hall–Kier alpha value is -1.59. The highest BCUT2D eigenvalue weighted by atomic mass is 16.6. The molecule has 6 heteroatoms. The highest BCUT2D eigenvalue weighted by Crippen LogP contribution is 2.16. The smallest absolute Gasteiger partial charge is 0.306 e. The largest absolute Gasteiger partial charge is 0.462 e. The summed E-state index contributed by atoms with van der Waals surface area (Å²) in [6, 6.07) is 0. The first-order chi connectivity index (χ1) is 25.7. The summed E-state index contributed by atoms with van der Waals surface area (Å²) in [6.45, 7) is 11.3. The Balaban J connectivity index is 4.29. The average Bonchev–Trinajstić information content (AvgIpc) is 3.12. The van der Waals surface area contributed by atoms with Gasteiger partial charge in [-0.15, -0.1) is 0 Å². The van der Waals surface area contributed by atoms with Gasteiger partial charge in [-0.1, -0.05) is 214 Å². The lowest BCUT2D eigenvalue weighted by Crippen LogP contribution is -2.30. The topological polar surface area (TPSA) is 78.9 Å². The second kappa shape index (κ2) is 40.1. The van der Waals surface area contributed by atoms with Crippen molar-refractivity contribution in [3.05, 3.63) is 0 Å². The molecule has 0 heterocycles. The lowest BCUT2D eigenvalue weighted by atomic mass is 10.0. The van der Waals surface area contributed by atoms with Gasteiger partial charge in [-0.2, -0.15) is 0 Å². The minimum absolute atomic E-state index is 0.0649. The molecule has 0 fully saturated rings. The second-order valence-electron chi connectivity index (χ2n) is 17.0. The van der Waals surface area contributed by atoms with E-state index in [-0.39, 0.29) is 31.1 Å². The Kier molecular flexibility index (Phi) is 38.9. The van der Waals surface area contributed by atoms with Gasteiger partial charge in [0.2, 0.25) is 0 Å². The van der Waals surface area contributed by atoms with Crippen molar-refractivity contribution in [1.82, 2.24) is 0 Å². The summed E-state index contributed by atoms with van der Waals surface area (Å²) in [5.41, 5.74) is 0. The predicted octanol–water partition coefficient (Wildman–Crippen LogP) is 14.6. The molecule has 0 unspecified atom stereocenters. The Morgan fingerprint density at radius 2 is 0.623 bits per heavy atom. The van der Waals surface area contributed by atoms with Crippen molar-refractivity contribution in [2.45, 2.75) is 259 Å². The molecular weight excluding hydrogens is 661 g/mol. The lowest BCUT2D eigenvalue weighted by Gasteiger charge is -2.18. The maximum Gasteiger partial charge on any atom is 0.306 e. The molecule has 0 bridgehead atoms. The monoisotopic (exact) mass is 751 g/mol. The molecule has 53 heavy (non-hydrogen) atoms. The van der Waals surface area contributed by atoms with E-state index >= 15 is 0 Å². The van der Waals surface area contributed by atoms with Crippen LogP contribution in [-0.4, -0.2) is 37.2 Å². The van der Waals surface area contributed by atoms with Crippen LogP contribution in [0.1, 0.15) is 253 Å². The van der Waals surface area contributed by atoms with E-state index in [1.165, 1.54) is 141 Å². The average molecular weight is 751 g/mol. The van der Waals surface area contributed by atoms with Gasteiger partial charge in [0, 0.05) is 19.3 Å². The van der Waals surface area contributed by atoms with Crippen LogP contribution in [-0.2, 0) is 28.6 Å².